The lowest BCUT2D eigenvalue weighted by molar-refractivity contribution is 0.297. The second kappa shape index (κ2) is 8.79. The highest BCUT2D eigenvalue weighted by Gasteiger charge is 2.19. The van der Waals surface area contributed by atoms with Crippen LogP contribution in [0.4, 0.5) is 4.39 Å². The third-order valence-electron chi connectivity index (χ3n) is 5.64. The Morgan fingerprint density at radius 3 is 2.55 bits per heavy atom. The van der Waals surface area contributed by atoms with E-state index in [2.05, 4.69) is 49.3 Å². The van der Waals surface area contributed by atoms with E-state index >= 15 is 0 Å². The van der Waals surface area contributed by atoms with E-state index in [4.69, 9.17) is 4.74 Å². The van der Waals surface area contributed by atoms with Gasteiger partial charge in [0.05, 0.1) is 0 Å². The predicted octanol–water partition coefficient (Wildman–Crippen LogP) is 5.74. The second-order valence-electron chi connectivity index (χ2n) is 8.30. The molecule has 0 saturated carbocycles. The van der Waals surface area contributed by atoms with Crippen LogP contribution in [0.3, 0.4) is 0 Å². The smallest absolute Gasteiger partial charge is 0.123 e. The highest BCUT2D eigenvalue weighted by Crippen LogP contribution is 2.29. The number of fused-ring (bicyclic) bond motifs is 1. The van der Waals surface area contributed by atoms with Gasteiger partial charge in [0.1, 0.15) is 18.2 Å². The van der Waals surface area contributed by atoms with Crippen molar-refractivity contribution in [2.45, 2.75) is 25.9 Å². The molecule has 29 heavy (non-hydrogen) atoms. The molecule has 0 N–H and O–H groups in total. The van der Waals surface area contributed by atoms with Crippen LogP contribution in [0, 0.1) is 11.7 Å². The SMILES string of the molecule is CN(C)CC1CCc2cc(OCc3cccc(-c4ccc(F)cc4)c3)ccc2C1. The van der Waals surface area contributed by atoms with E-state index in [0.717, 1.165) is 47.7 Å². The Kier molecular flexibility index (Phi) is 5.96. The van der Waals surface area contributed by atoms with Crippen molar-refractivity contribution < 1.29 is 9.13 Å². The normalized spacial score (nSPS) is 15.9. The van der Waals surface area contributed by atoms with Gasteiger partial charge in [-0.3, -0.25) is 0 Å². The molecule has 0 radical (unpaired) electrons. The lowest BCUT2D eigenvalue weighted by atomic mass is 9.83. The molecule has 1 atom stereocenters. The Bertz CT molecular complexity index is 965. The molecule has 1 aliphatic carbocycles. The van der Waals surface area contributed by atoms with E-state index in [1.165, 1.54) is 29.7 Å². The van der Waals surface area contributed by atoms with Crippen molar-refractivity contribution in [3.8, 4) is 16.9 Å². The zero-order valence-corrected chi connectivity index (χ0v) is 17.2. The van der Waals surface area contributed by atoms with E-state index < -0.39 is 0 Å². The van der Waals surface area contributed by atoms with Crippen LogP contribution >= 0.6 is 0 Å². The predicted molar refractivity (Wildman–Crippen MR) is 117 cm³/mol. The van der Waals surface area contributed by atoms with Crippen LogP contribution < -0.4 is 4.74 Å². The van der Waals surface area contributed by atoms with E-state index in [9.17, 15) is 4.39 Å². The van der Waals surface area contributed by atoms with E-state index in [0.29, 0.717) is 6.61 Å². The van der Waals surface area contributed by atoms with Crippen LogP contribution in [-0.4, -0.2) is 25.5 Å². The molecule has 1 aliphatic rings. The van der Waals surface area contributed by atoms with Crippen LogP contribution in [-0.2, 0) is 19.4 Å². The number of hydrogen-bond donors (Lipinski definition) is 0. The molecule has 0 saturated heterocycles. The summed E-state index contributed by atoms with van der Waals surface area (Å²) in [5, 5.41) is 0. The first-order valence-electron chi connectivity index (χ1n) is 10.3. The summed E-state index contributed by atoms with van der Waals surface area (Å²) in [5.41, 5.74) is 6.08. The summed E-state index contributed by atoms with van der Waals surface area (Å²) >= 11 is 0. The number of ether oxygens (including phenoxy) is 1. The number of hydrogen-bond acceptors (Lipinski definition) is 2. The zero-order valence-electron chi connectivity index (χ0n) is 17.2. The molecule has 0 spiro atoms. The molecule has 2 nitrogen and oxygen atoms in total. The van der Waals surface area contributed by atoms with E-state index in [-0.39, 0.29) is 5.82 Å². The summed E-state index contributed by atoms with van der Waals surface area (Å²) < 4.78 is 19.3. The van der Waals surface area contributed by atoms with Gasteiger partial charge in [-0.25, -0.2) is 4.39 Å². The molecule has 4 rings (SSSR count). The Morgan fingerprint density at radius 1 is 0.931 bits per heavy atom. The minimum absolute atomic E-state index is 0.214. The first kappa shape index (κ1) is 19.7. The van der Waals surface area contributed by atoms with Crippen LogP contribution in [0.2, 0.25) is 0 Å². The van der Waals surface area contributed by atoms with Crippen LogP contribution in [0.5, 0.6) is 5.75 Å². The Morgan fingerprint density at radius 2 is 1.76 bits per heavy atom. The van der Waals surface area contributed by atoms with E-state index in [1.807, 2.05) is 24.3 Å². The van der Waals surface area contributed by atoms with Crippen molar-refractivity contribution in [3.63, 3.8) is 0 Å². The van der Waals surface area contributed by atoms with Gasteiger partial charge < -0.3 is 9.64 Å². The average Bonchev–Trinajstić information content (AvgIpc) is 2.72. The van der Waals surface area contributed by atoms with E-state index in [1.54, 1.807) is 0 Å². The van der Waals surface area contributed by atoms with Gasteiger partial charge in [0.2, 0.25) is 0 Å². The quantitative estimate of drug-likeness (QED) is 0.533. The van der Waals surface area contributed by atoms with Crippen molar-refractivity contribution in [1.29, 1.82) is 0 Å². The molecular formula is C26H28FNO. The lowest BCUT2D eigenvalue weighted by Crippen LogP contribution is -2.26. The monoisotopic (exact) mass is 389 g/mol. The van der Waals surface area contributed by atoms with Crippen LogP contribution in [0.25, 0.3) is 11.1 Å². The fourth-order valence-electron chi connectivity index (χ4n) is 4.22. The number of halogens is 1. The third-order valence-corrected chi connectivity index (χ3v) is 5.64. The summed E-state index contributed by atoms with van der Waals surface area (Å²) in [7, 11) is 4.30. The third kappa shape index (κ3) is 5.04. The lowest BCUT2D eigenvalue weighted by Gasteiger charge is -2.27. The summed E-state index contributed by atoms with van der Waals surface area (Å²) in [5.74, 6) is 1.47. The van der Waals surface area contributed by atoms with Gasteiger partial charge in [-0.15, -0.1) is 0 Å². The second-order valence-corrected chi connectivity index (χ2v) is 8.30. The summed E-state index contributed by atoms with van der Waals surface area (Å²) in [6, 6.07) is 21.4. The van der Waals surface area contributed by atoms with Gasteiger partial charge in [0, 0.05) is 6.54 Å². The number of rotatable bonds is 6. The molecule has 0 heterocycles. The van der Waals surface area contributed by atoms with Gasteiger partial charge >= 0.3 is 0 Å². The Labute approximate surface area is 172 Å². The number of aryl methyl sites for hydroxylation is 1. The van der Waals surface area contributed by atoms with Crippen LogP contribution in [0.1, 0.15) is 23.1 Å². The molecule has 3 aromatic rings. The van der Waals surface area contributed by atoms with Gasteiger partial charge in [0.15, 0.2) is 0 Å². The topological polar surface area (TPSA) is 12.5 Å². The van der Waals surface area contributed by atoms with Crippen molar-refractivity contribution in [2.24, 2.45) is 5.92 Å². The molecule has 3 heteroatoms. The molecule has 0 aliphatic heterocycles. The summed E-state index contributed by atoms with van der Waals surface area (Å²) in [4.78, 5) is 2.28. The first-order valence-corrected chi connectivity index (χ1v) is 10.3. The Balaban J connectivity index is 1.41. The minimum atomic E-state index is -0.214. The van der Waals surface area contributed by atoms with Gasteiger partial charge in [0.25, 0.3) is 0 Å². The van der Waals surface area contributed by atoms with Gasteiger partial charge in [-0.05, 0) is 97.4 Å². The molecule has 3 aromatic carbocycles. The number of benzene rings is 3. The van der Waals surface area contributed by atoms with Crippen molar-refractivity contribution in [1.82, 2.24) is 4.90 Å². The maximum atomic E-state index is 13.2. The van der Waals surface area contributed by atoms with Crippen molar-refractivity contribution >= 4 is 0 Å². The van der Waals surface area contributed by atoms with Gasteiger partial charge in [-0.1, -0.05) is 36.4 Å². The molecule has 150 valence electrons. The Hall–Kier alpha value is -2.65. The molecule has 0 fully saturated rings. The molecule has 0 amide bonds. The fourth-order valence-corrected chi connectivity index (χ4v) is 4.22. The minimum Gasteiger partial charge on any atom is -0.489 e. The van der Waals surface area contributed by atoms with Crippen LogP contribution in [0.15, 0.2) is 66.7 Å². The van der Waals surface area contributed by atoms with Crippen molar-refractivity contribution in [2.75, 3.05) is 20.6 Å². The van der Waals surface area contributed by atoms with Crippen molar-refractivity contribution in [3.05, 3.63) is 89.2 Å². The molecule has 1 unspecified atom stereocenters. The standard InChI is InChI=1S/C26H28FNO/c1-28(2)17-19-6-7-24-16-26(13-10-23(24)14-19)29-18-20-4-3-5-22(15-20)21-8-11-25(27)12-9-21/h3-5,8-13,15-16,19H,6-7,14,17-18H2,1-2H3. The average molecular weight is 390 g/mol. The maximum Gasteiger partial charge on any atom is 0.123 e. The zero-order chi connectivity index (χ0) is 20.2. The first-order chi connectivity index (χ1) is 14.1. The van der Waals surface area contributed by atoms with Gasteiger partial charge in [-0.2, -0.15) is 0 Å². The highest BCUT2D eigenvalue weighted by molar-refractivity contribution is 5.64. The number of nitrogens with zero attached hydrogens (tertiary/aromatic N) is 1. The maximum absolute atomic E-state index is 13.2. The molecular weight excluding hydrogens is 361 g/mol. The summed E-state index contributed by atoms with van der Waals surface area (Å²) in [6.07, 6.45) is 3.53. The molecule has 0 bridgehead atoms. The fraction of sp³-hybridized carbons (Fsp3) is 0.308. The largest absolute Gasteiger partial charge is 0.489 e. The highest BCUT2D eigenvalue weighted by atomic mass is 19.1. The molecule has 0 aromatic heterocycles. The summed E-state index contributed by atoms with van der Waals surface area (Å²) in [6.45, 7) is 1.68.